The second-order valence-electron chi connectivity index (χ2n) is 12.7. The first-order chi connectivity index (χ1) is 20.2. The lowest BCUT2D eigenvalue weighted by atomic mass is 9.49. The highest BCUT2D eigenvalue weighted by atomic mass is 16.5. The molecule has 0 aromatic heterocycles. The molecule has 222 valence electrons. The lowest BCUT2D eigenvalue weighted by Gasteiger charge is -2.57. The number of hydrogen-bond acceptors (Lipinski definition) is 6. The van der Waals surface area contributed by atoms with Crippen LogP contribution in [-0.2, 0) is 25.6 Å². The minimum atomic E-state index is -0.854. The molecule has 9 heteroatoms. The molecule has 1 saturated heterocycles. The lowest BCUT2D eigenvalue weighted by molar-refractivity contribution is -0.161. The molecule has 1 heterocycles. The fraction of sp³-hybridized carbons (Fsp3) is 0.515. The topological polar surface area (TPSA) is 105 Å². The smallest absolute Gasteiger partial charge is 0.257 e. The van der Waals surface area contributed by atoms with Gasteiger partial charge < -0.3 is 19.7 Å². The van der Waals surface area contributed by atoms with Crippen molar-refractivity contribution in [2.45, 2.75) is 64.3 Å². The van der Waals surface area contributed by atoms with Crippen LogP contribution in [0.25, 0.3) is 0 Å². The fourth-order valence-electron chi connectivity index (χ4n) is 8.39. The number of benzene rings is 2. The van der Waals surface area contributed by atoms with Crippen LogP contribution in [0, 0.1) is 23.2 Å². The Morgan fingerprint density at radius 2 is 1.55 bits per heavy atom. The van der Waals surface area contributed by atoms with E-state index in [1.165, 1.54) is 31.1 Å². The highest BCUT2D eigenvalue weighted by molar-refractivity contribution is 6.23. The number of carbonyl (C=O) groups is 4. The number of rotatable bonds is 9. The van der Waals surface area contributed by atoms with Gasteiger partial charge in [0.05, 0.1) is 31.7 Å². The van der Waals surface area contributed by atoms with Gasteiger partial charge in [0.25, 0.3) is 5.91 Å². The van der Waals surface area contributed by atoms with Gasteiger partial charge in [-0.05, 0) is 105 Å². The Balaban J connectivity index is 1.28. The molecule has 0 radical (unpaired) electrons. The average molecular weight is 574 g/mol. The molecule has 5 fully saturated rings. The quantitative estimate of drug-likeness (QED) is 0.441. The van der Waals surface area contributed by atoms with Gasteiger partial charge >= 0.3 is 0 Å². The molecule has 2 aromatic rings. The van der Waals surface area contributed by atoms with Crippen molar-refractivity contribution in [1.82, 2.24) is 4.90 Å². The minimum Gasteiger partial charge on any atom is -0.493 e. The summed E-state index contributed by atoms with van der Waals surface area (Å²) in [6.45, 7) is 1.75. The summed E-state index contributed by atoms with van der Waals surface area (Å²) in [4.78, 5) is 56.3. The standard InChI is InChI=1S/C33H39N3O6/c1-20(37)34-25-5-7-26(8-6-25)36-30(38)16-27(31(36)39)35(11-10-21-4-9-28(41-2)29(15-21)42-3)32(40)33-17-22-12-23(18-33)14-24(13-22)19-33/h4-9,15,22-24,27H,10-14,16-19H2,1-3H3,(H,34,37). The number of carbonyl (C=O) groups excluding carboxylic acids is 4. The van der Waals surface area contributed by atoms with Crippen molar-refractivity contribution in [2.24, 2.45) is 23.2 Å². The van der Waals surface area contributed by atoms with Crippen molar-refractivity contribution in [3.05, 3.63) is 48.0 Å². The maximum absolute atomic E-state index is 14.6. The molecule has 0 spiro atoms. The molecule has 42 heavy (non-hydrogen) atoms. The first kappa shape index (κ1) is 28.2. The Kier molecular flexibility index (Phi) is 7.45. The van der Waals surface area contributed by atoms with Crippen LogP contribution in [-0.4, -0.2) is 55.3 Å². The Morgan fingerprint density at radius 3 is 2.12 bits per heavy atom. The fourth-order valence-corrected chi connectivity index (χ4v) is 8.39. The van der Waals surface area contributed by atoms with E-state index in [1.807, 2.05) is 18.2 Å². The summed E-state index contributed by atoms with van der Waals surface area (Å²) in [5, 5.41) is 2.70. The predicted octanol–water partition coefficient (Wildman–Crippen LogP) is 4.58. The zero-order chi connectivity index (χ0) is 29.6. The Labute approximate surface area is 246 Å². The predicted molar refractivity (Wildman–Crippen MR) is 157 cm³/mol. The maximum atomic E-state index is 14.6. The Hall–Kier alpha value is -3.88. The molecule has 4 saturated carbocycles. The van der Waals surface area contributed by atoms with E-state index in [0.29, 0.717) is 53.6 Å². The number of anilines is 2. The molecule has 1 atom stereocenters. The molecule has 4 bridgehead atoms. The normalized spacial score (nSPS) is 27.7. The number of imide groups is 1. The molecule has 1 aliphatic heterocycles. The van der Waals surface area contributed by atoms with E-state index in [4.69, 9.17) is 9.47 Å². The molecule has 2 aromatic carbocycles. The van der Waals surface area contributed by atoms with Crippen LogP contribution in [0.1, 0.15) is 57.4 Å². The summed E-state index contributed by atoms with van der Waals surface area (Å²) in [5.41, 5.74) is 1.53. The Morgan fingerprint density at radius 1 is 0.929 bits per heavy atom. The molecule has 1 unspecified atom stereocenters. The number of nitrogens with zero attached hydrogens (tertiary/aromatic N) is 2. The lowest BCUT2D eigenvalue weighted by Crippen LogP contribution is -2.58. The summed E-state index contributed by atoms with van der Waals surface area (Å²) < 4.78 is 10.9. The number of ether oxygens (including phenoxy) is 2. The zero-order valence-electron chi connectivity index (χ0n) is 24.6. The summed E-state index contributed by atoms with van der Waals surface area (Å²) in [5.74, 6) is 2.09. The largest absolute Gasteiger partial charge is 0.493 e. The van der Waals surface area contributed by atoms with E-state index in [9.17, 15) is 19.2 Å². The zero-order valence-corrected chi connectivity index (χ0v) is 24.6. The van der Waals surface area contributed by atoms with Gasteiger partial charge in [0.15, 0.2) is 11.5 Å². The third-order valence-corrected chi connectivity index (χ3v) is 9.79. The highest BCUT2D eigenvalue weighted by Crippen LogP contribution is 2.60. The number of methoxy groups -OCH3 is 2. The molecule has 9 nitrogen and oxygen atoms in total. The number of nitrogens with one attached hydrogen (secondary N) is 1. The molecule has 7 rings (SSSR count). The number of amides is 4. The van der Waals surface area contributed by atoms with Gasteiger partial charge in [-0.1, -0.05) is 6.07 Å². The van der Waals surface area contributed by atoms with Crippen LogP contribution in [0.3, 0.4) is 0 Å². The van der Waals surface area contributed by atoms with Crippen molar-refractivity contribution in [1.29, 1.82) is 0 Å². The van der Waals surface area contributed by atoms with E-state index in [1.54, 1.807) is 43.4 Å². The van der Waals surface area contributed by atoms with E-state index in [2.05, 4.69) is 5.32 Å². The highest BCUT2D eigenvalue weighted by Gasteiger charge is 2.57. The van der Waals surface area contributed by atoms with Crippen LogP contribution in [0.2, 0.25) is 0 Å². The first-order valence-corrected chi connectivity index (χ1v) is 15.0. The summed E-state index contributed by atoms with van der Waals surface area (Å²) in [6, 6.07) is 11.5. The molecular formula is C33H39N3O6. The Bertz CT molecular complexity index is 1370. The van der Waals surface area contributed by atoms with Gasteiger partial charge in [0.1, 0.15) is 6.04 Å². The second-order valence-corrected chi connectivity index (χ2v) is 12.7. The van der Waals surface area contributed by atoms with Crippen LogP contribution < -0.4 is 19.7 Å². The third kappa shape index (κ3) is 5.14. The summed E-state index contributed by atoms with van der Waals surface area (Å²) in [6.07, 6.45) is 6.75. The molecule has 5 aliphatic rings. The van der Waals surface area contributed by atoms with Crippen LogP contribution >= 0.6 is 0 Å². The van der Waals surface area contributed by atoms with Gasteiger partial charge in [-0.3, -0.25) is 19.2 Å². The molecule has 1 N–H and O–H groups in total. The van der Waals surface area contributed by atoms with Crippen LogP contribution in [0.5, 0.6) is 11.5 Å². The number of hydrogen-bond donors (Lipinski definition) is 1. The van der Waals surface area contributed by atoms with Crippen LogP contribution in [0.4, 0.5) is 11.4 Å². The summed E-state index contributed by atoms with van der Waals surface area (Å²) in [7, 11) is 3.18. The molecule has 4 aliphatic carbocycles. The van der Waals surface area contributed by atoms with Crippen LogP contribution in [0.15, 0.2) is 42.5 Å². The first-order valence-electron chi connectivity index (χ1n) is 15.0. The van der Waals surface area contributed by atoms with E-state index in [0.717, 1.165) is 24.8 Å². The van der Waals surface area contributed by atoms with Crippen molar-refractivity contribution < 1.29 is 28.7 Å². The third-order valence-electron chi connectivity index (χ3n) is 9.79. The van der Waals surface area contributed by atoms with Gasteiger partial charge in [-0.15, -0.1) is 0 Å². The SMILES string of the molecule is COc1ccc(CCN(C(=O)C23CC4CC(CC(C4)C2)C3)C2CC(=O)N(c3ccc(NC(C)=O)cc3)C2=O)cc1OC. The van der Waals surface area contributed by atoms with E-state index >= 15 is 0 Å². The maximum Gasteiger partial charge on any atom is 0.257 e. The molecule has 4 amide bonds. The van der Waals surface area contributed by atoms with Gasteiger partial charge in [-0.25, -0.2) is 4.90 Å². The summed E-state index contributed by atoms with van der Waals surface area (Å²) >= 11 is 0. The van der Waals surface area contributed by atoms with E-state index in [-0.39, 0.29) is 30.0 Å². The second kappa shape index (κ2) is 11.1. The minimum absolute atomic E-state index is 0.0380. The van der Waals surface area contributed by atoms with Crippen molar-refractivity contribution in [2.75, 3.05) is 31.0 Å². The van der Waals surface area contributed by atoms with Crippen molar-refractivity contribution >= 4 is 35.0 Å². The monoisotopic (exact) mass is 573 g/mol. The van der Waals surface area contributed by atoms with Crippen molar-refractivity contribution in [3.63, 3.8) is 0 Å². The average Bonchev–Trinajstić information content (AvgIpc) is 3.25. The van der Waals surface area contributed by atoms with Gasteiger partial charge in [-0.2, -0.15) is 0 Å². The van der Waals surface area contributed by atoms with Crippen molar-refractivity contribution in [3.8, 4) is 11.5 Å². The van der Waals surface area contributed by atoms with E-state index < -0.39 is 11.5 Å². The van der Waals surface area contributed by atoms with Gasteiger partial charge in [0, 0.05) is 19.2 Å². The molecular weight excluding hydrogens is 534 g/mol. The van der Waals surface area contributed by atoms with Gasteiger partial charge in [0.2, 0.25) is 17.7 Å².